The van der Waals surface area contributed by atoms with E-state index in [0.29, 0.717) is 5.58 Å². The Bertz CT molecular complexity index is 655. The Balaban J connectivity index is 2.39. The Morgan fingerprint density at radius 1 is 1.50 bits per heavy atom. The average molecular weight is 307 g/mol. The first-order chi connectivity index (χ1) is 8.51. The van der Waals surface area contributed by atoms with E-state index >= 15 is 0 Å². The lowest BCUT2D eigenvalue weighted by Gasteiger charge is -2.02. The number of aryl methyl sites for hydroxylation is 1. The minimum atomic E-state index is -0.545. The van der Waals surface area contributed by atoms with Crippen LogP contribution in [0.5, 0.6) is 0 Å². The Morgan fingerprint density at radius 3 is 2.89 bits per heavy atom. The molecule has 1 unspecified atom stereocenters. The molecule has 0 radical (unpaired) electrons. The number of benzene rings is 1. The lowest BCUT2D eigenvalue weighted by atomic mass is 10.2. The molecule has 0 aliphatic rings. The second-order valence-electron chi connectivity index (χ2n) is 4.10. The summed E-state index contributed by atoms with van der Waals surface area (Å²) in [6.07, 6.45) is 0. The van der Waals surface area contributed by atoms with Gasteiger partial charge < -0.3 is 9.73 Å². The quantitative estimate of drug-likeness (QED) is 0.927. The number of carbonyl (C=O) groups is 1. The van der Waals surface area contributed by atoms with Crippen molar-refractivity contribution < 1.29 is 9.21 Å². The third-order valence-electron chi connectivity index (χ3n) is 2.48. The van der Waals surface area contributed by atoms with Crippen molar-refractivity contribution in [2.45, 2.75) is 19.9 Å². The van der Waals surface area contributed by atoms with Crippen molar-refractivity contribution in [3.63, 3.8) is 0 Å². The summed E-state index contributed by atoms with van der Waals surface area (Å²) in [7, 11) is 0. The molecule has 1 atom stereocenters. The van der Waals surface area contributed by atoms with Gasteiger partial charge in [0.05, 0.1) is 10.5 Å². The molecule has 2 aromatic rings. The fourth-order valence-corrected chi connectivity index (χ4v) is 2.33. The van der Waals surface area contributed by atoms with Crippen LogP contribution in [0.1, 0.15) is 23.0 Å². The van der Waals surface area contributed by atoms with Gasteiger partial charge >= 0.3 is 0 Å². The van der Waals surface area contributed by atoms with Crippen LogP contribution < -0.4 is 5.32 Å². The molecule has 0 aliphatic carbocycles. The number of nitrogens with zero attached hydrogens (tertiary/aromatic N) is 1. The third kappa shape index (κ3) is 2.39. The summed E-state index contributed by atoms with van der Waals surface area (Å²) >= 11 is 3.40. The summed E-state index contributed by atoms with van der Waals surface area (Å²) in [5.74, 6) is -0.178. The van der Waals surface area contributed by atoms with Crippen LogP contribution in [0.15, 0.2) is 27.1 Å². The van der Waals surface area contributed by atoms with Crippen molar-refractivity contribution in [1.82, 2.24) is 5.32 Å². The molecule has 0 aliphatic heterocycles. The predicted molar refractivity (Wildman–Crippen MR) is 71.2 cm³/mol. The van der Waals surface area contributed by atoms with E-state index < -0.39 is 6.04 Å². The van der Waals surface area contributed by atoms with Gasteiger partial charge in [0.15, 0.2) is 5.76 Å². The zero-order valence-corrected chi connectivity index (χ0v) is 11.5. The van der Waals surface area contributed by atoms with Crippen molar-refractivity contribution in [3.05, 3.63) is 34.0 Å². The summed E-state index contributed by atoms with van der Waals surface area (Å²) in [4.78, 5) is 11.8. The number of halogens is 1. The molecule has 2 rings (SSSR count). The molecular formula is C13H11BrN2O2. The second-order valence-corrected chi connectivity index (χ2v) is 4.95. The predicted octanol–water partition coefficient (Wildman–Crippen LogP) is 3.15. The van der Waals surface area contributed by atoms with Crippen LogP contribution in [0.4, 0.5) is 0 Å². The molecule has 0 fully saturated rings. The maximum Gasteiger partial charge on any atom is 0.288 e. The number of carbonyl (C=O) groups excluding carboxylic acids is 1. The summed E-state index contributed by atoms with van der Waals surface area (Å²) in [6.45, 7) is 3.58. The molecule has 5 heteroatoms. The van der Waals surface area contributed by atoms with E-state index in [1.165, 1.54) is 0 Å². The molecule has 0 saturated carbocycles. The van der Waals surface area contributed by atoms with Crippen LogP contribution >= 0.6 is 15.9 Å². The zero-order valence-electron chi connectivity index (χ0n) is 9.95. The number of rotatable bonds is 2. The summed E-state index contributed by atoms with van der Waals surface area (Å²) < 4.78 is 6.30. The monoisotopic (exact) mass is 306 g/mol. The number of fused-ring (bicyclic) bond motifs is 1. The maximum atomic E-state index is 11.8. The number of furan rings is 1. The van der Waals surface area contributed by atoms with Crippen LogP contribution in [-0.4, -0.2) is 11.9 Å². The average Bonchev–Trinajstić information content (AvgIpc) is 2.72. The molecule has 1 aromatic carbocycles. The smallest absolute Gasteiger partial charge is 0.288 e. The zero-order chi connectivity index (χ0) is 13.3. The fourth-order valence-electron chi connectivity index (χ4n) is 1.66. The van der Waals surface area contributed by atoms with Crippen LogP contribution in [0, 0.1) is 18.3 Å². The van der Waals surface area contributed by atoms with Gasteiger partial charge in [-0.05, 0) is 53.5 Å². The van der Waals surface area contributed by atoms with Gasteiger partial charge in [0.1, 0.15) is 11.6 Å². The van der Waals surface area contributed by atoms with E-state index in [9.17, 15) is 4.79 Å². The van der Waals surface area contributed by atoms with Crippen LogP contribution in [0.25, 0.3) is 11.0 Å². The highest BCUT2D eigenvalue weighted by Gasteiger charge is 2.15. The van der Waals surface area contributed by atoms with E-state index in [2.05, 4.69) is 21.2 Å². The van der Waals surface area contributed by atoms with Crippen molar-refractivity contribution in [2.24, 2.45) is 0 Å². The van der Waals surface area contributed by atoms with E-state index in [4.69, 9.17) is 9.68 Å². The minimum Gasteiger partial charge on any atom is -0.450 e. The molecular weight excluding hydrogens is 296 g/mol. The van der Waals surface area contributed by atoms with Gasteiger partial charge in [-0.2, -0.15) is 5.26 Å². The highest BCUT2D eigenvalue weighted by molar-refractivity contribution is 9.10. The van der Waals surface area contributed by atoms with Gasteiger partial charge in [-0.25, -0.2) is 0 Å². The molecule has 0 spiro atoms. The second kappa shape index (κ2) is 4.83. The van der Waals surface area contributed by atoms with Crippen molar-refractivity contribution in [2.75, 3.05) is 0 Å². The van der Waals surface area contributed by atoms with Crippen molar-refractivity contribution >= 4 is 32.8 Å². The number of hydrogen-bond acceptors (Lipinski definition) is 3. The SMILES string of the molecule is Cc1cc(Br)c2oc(C(=O)NC(C)C#N)cc2c1. The van der Waals surface area contributed by atoms with E-state index in [-0.39, 0.29) is 11.7 Å². The first kappa shape index (κ1) is 12.7. The number of amides is 1. The van der Waals surface area contributed by atoms with Gasteiger partial charge in [0, 0.05) is 5.39 Å². The topological polar surface area (TPSA) is 66.0 Å². The Kier molecular flexibility index (Phi) is 3.39. The highest BCUT2D eigenvalue weighted by Crippen LogP contribution is 2.28. The summed E-state index contributed by atoms with van der Waals surface area (Å²) in [6, 6.07) is 6.93. The normalized spacial score (nSPS) is 12.1. The fraction of sp³-hybridized carbons (Fsp3) is 0.231. The van der Waals surface area contributed by atoms with Gasteiger partial charge in [-0.1, -0.05) is 0 Å². The van der Waals surface area contributed by atoms with Crippen molar-refractivity contribution in [1.29, 1.82) is 5.26 Å². The van der Waals surface area contributed by atoms with E-state index in [1.807, 2.05) is 25.1 Å². The lowest BCUT2D eigenvalue weighted by molar-refractivity contribution is 0.0922. The lowest BCUT2D eigenvalue weighted by Crippen LogP contribution is -2.30. The summed E-state index contributed by atoms with van der Waals surface area (Å²) in [5.41, 5.74) is 1.71. The first-order valence-electron chi connectivity index (χ1n) is 5.41. The van der Waals surface area contributed by atoms with E-state index in [0.717, 1.165) is 15.4 Å². The third-order valence-corrected chi connectivity index (χ3v) is 3.07. The number of hydrogen-bond donors (Lipinski definition) is 1. The Labute approximate surface area is 113 Å². The molecule has 1 heterocycles. The van der Waals surface area contributed by atoms with E-state index in [1.54, 1.807) is 13.0 Å². The van der Waals surface area contributed by atoms with Crippen LogP contribution in [-0.2, 0) is 0 Å². The van der Waals surface area contributed by atoms with Gasteiger partial charge in [0.2, 0.25) is 0 Å². The molecule has 0 bridgehead atoms. The van der Waals surface area contributed by atoms with Gasteiger partial charge in [0.25, 0.3) is 5.91 Å². The minimum absolute atomic E-state index is 0.207. The standard InChI is InChI=1S/C13H11BrN2O2/c1-7-3-9-5-11(13(17)16-8(2)6-15)18-12(9)10(14)4-7/h3-5,8H,1-2H3,(H,16,17). The molecule has 4 nitrogen and oxygen atoms in total. The van der Waals surface area contributed by atoms with Crippen molar-refractivity contribution in [3.8, 4) is 6.07 Å². The summed E-state index contributed by atoms with van der Waals surface area (Å²) in [5, 5.41) is 12.0. The maximum absolute atomic E-state index is 11.8. The first-order valence-corrected chi connectivity index (χ1v) is 6.20. The molecule has 0 saturated heterocycles. The van der Waals surface area contributed by atoms with Gasteiger partial charge in [-0.3, -0.25) is 4.79 Å². The molecule has 18 heavy (non-hydrogen) atoms. The van der Waals surface area contributed by atoms with Gasteiger partial charge in [-0.15, -0.1) is 0 Å². The molecule has 1 aromatic heterocycles. The van der Waals surface area contributed by atoms with Crippen LogP contribution in [0.3, 0.4) is 0 Å². The van der Waals surface area contributed by atoms with Crippen LogP contribution in [0.2, 0.25) is 0 Å². The molecule has 1 N–H and O–H groups in total. The Hall–Kier alpha value is -1.80. The molecule has 1 amide bonds. The number of nitrogens with one attached hydrogen (secondary N) is 1. The largest absolute Gasteiger partial charge is 0.450 e. The molecule has 92 valence electrons. The highest BCUT2D eigenvalue weighted by atomic mass is 79.9. The number of nitriles is 1. The Morgan fingerprint density at radius 2 is 2.22 bits per heavy atom.